The second-order valence-electron chi connectivity index (χ2n) is 16.3. The van der Waals surface area contributed by atoms with Gasteiger partial charge in [0.15, 0.2) is 6.10 Å². The molecule has 0 fully saturated rings. The van der Waals surface area contributed by atoms with Crippen LogP contribution in [0.5, 0.6) is 0 Å². The maximum absolute atomic E-state index is 12.8. The fraction of sp³-hybridized carbons (Fsp3) is 0.576. The van der Waals surface area contributed by atoms with E-state index in [1.54, 1.807) is 0 Å². The van der Waals surface area contributed by atoms with E-state index in [2.05, 4.69) is 154 Å². The third kappa shape index (κ3) is 50.4. The van der Waals surface area contributed by atoms with Crippen molar-refractivity contribution in [2.45, 2.75) is 207 Å². The number of allylic oxidation sites excluding steroid dienone is 22. The van der Waals surface area contributed by atoms with Gasteiger partial charge in [-0.25, -0.2) is 0 Å². The van der Waals surface area contributed by atoms with Crippen LogP contribution in [0.2, 0.25) is 0 Å². The molecule has 0 aliphatic heterocycles. The molecule has 0 rings (SSSR count). The van der Waals surface area contributed by atoms with E-state index in [-0.39, 0.29) is 44.4 Å². The number of rotatable bonds is 44. The normalized spacial score (nSPS) is 13.2. The lowest BCUT2D eigenvalue weighted by Crippen LogP contribution is -2.30. The minimum atomic E-state index is -0.844. The minimum absolute atomic E-state index is 0.138. The Morgan fingerprint density at radius 3 is 0.923 bits per heavy atom. The van der Waals surface area contributed by atoms with E-state index in [0.717, 1.165) is 89.9 Å². The monoisotopic (exact) mass is 897 g/mol. The van der Waals surface area contributed by atoms with Gasteiger partial charge in [-0.15, -0.1) is 0 Å². The fourth-order valence-corrected chi connectivity index (χ4v) is 6.25. The van der Waals surface area contributed by atoms with Crippen LogP contribution in [0.4, 0.5) is 0 Å². The second-order valence-corrected chi connectivity index (χ2v) is 16.3. The Morgan fingerprint density at radius 1 is 0.323 bits per heavy atom. The van der Waals surface area contributed by atoms with Gasteiger partial charge in [-0.05, 0) is 135 Å². The summed E-state index contributed by atoms with van der Waals surface area (Å²) in [4.78, 5) is 37.9. The first-order valence-electron chi connectivity index (χ1n) is 25.7. The molecule has 0 heterocycles. The first-order valence-corrected chi connectivity index (χ1v) is 25.7. The number of hydrogen-bond acceptors (Lipinski definition) is 6. The molecular formula is C59H92O6. The lowest BCUT2D eigenvalue weighted by Gasteiger charge is -2.18. The summed E-state index contributed by atoms with van der Waals surface area (Å²) in [5.74, 6) is -1.08. The Morgan fingerprint density at radius 2 is 0.600 bits per heavy atom. The average Bonchev–Trinajstić information content (AvgIpc) is 3.30. The third-order valence-corrected chi connectivity index (χ3v) is 10.1. The Hall–Kier alpha value is -4.45. The lowest BCUT2D eigenvalue weighted by molar-refractivity contribution is -0.167. The first-order chi connectivity index (χ1) is 32.0. The smallest absolute Gasteiger partial charge is 0.306 e. The van der Waals surface area contributed by atoms with Crippen molar-refractivity contribution in [1.29, 1.82) is 0 Å². The SMILES string of the molecule is CC/C=C\C/C=C\C/C=C\C/C=C\CCCCC(=O)OC[C@H](COC(=O)CCCC/C=C\C/C=C\C/C=C\CCCCC)OC(=O)CCC/C=C\C/C=C\C/C=C\C/C=C\CCCCC. The van der Waals surface area contributed by atoms with Crippen molar-refractivity contribution in [1.82, 2.24) is 0 Å². The molecule has 0 aliphatic rings. The molecular weight excluding hydrogens is 805 g/mol. The van der Waals surface area contributed by atoms with Gasteiger partial charge in [0.2, 0.25) is 0 Å². The zero-order chi connectivity index (χ0) is 47.2. The van der Waals surface area contributed by atoms with Crippen LogP contribution in [0.15, 0.2) is 134 Å². The van der Waals surface area contributed by atoms with Gasteiger partial charge in [-0.1, -0.05) is 180 Å². The molecule has 1 atom stereocenters. The highest BCUT2D eigenvalue weighted by molar-refractivity contribution is 5.71. The van der Waals surface area contributed by atoms with Gasteiger partial charge in [0.05, 0.1) is 0 Å². The van der Waals surface area contributed by atoms with Crippen LogP contribution in [0.25, 0.3) is 0 Å². The summed E-state index contributed by atoms with van der Waals surface area (Å²) in [5, 5.41) is 0. The van der Waals surface area contributed by atoms with Gasteiger partial charge in [0.1, 0.15) is 13.2 Å². The van der Waals surface area contributed by atoms with Gasteiger partial charge in [0.25, 0.3) is 0 Å². The largest absolute Gasteiger partial charge is 0.462 e. The zero-order valence-corrected chi connectivity index (χ0v) is 41.4. The predicted octanol–water partition coefficient (Wildman–Crippen LogP) is 17.1. The molecule has 0 aromatic heterocycles. The van der Waals surface area contributed by atoms with Gasteiger partial charge in [-0.3, -0.25) is 14.4 Å². The van der Waals surface area contributed by atoms with Crippen molar-refractivity contribution in [2.24, 2.45) is 0 Å². The maximum atomic E-state index is 12.8. The van der Waals surface area contributed by atoms with Gasteiger partial charge < -0.3 is 14.2 Å². The Balaban J connectivity index is 4.64. The van der Waals surface area contributed by atoms with E-state index in [1.165, 1.54) is 51.4 Å². The lowest BCUT2D eigenvalue weighted by atomic mass is 10.1. The third-order valence-electron chi connectivity index (χ3n) is 10.1. The van der Waals surface area contributed by atoms with Crippen LogP contribution in [0.3, 0.4) is 0 Å². The predicted molar refractivity (Wildman–Crippen MR) is 279 cm³/mol. The van der Waals surface area contributed by atoms with E-state index in [9.17, 15) is 14.4 Å². The molecule has 0 spiro atoms. The van der Waals surface area contributed by atoms with Crippen LogP contribution < -0.4 is 0 Å². The molecule has 0 aromatic rings. The Labute approximate surface area is 398 Å². The topological polar surface area (TPSA) is 78.9 Å². The number of esters is 3. The van der Waals surface area contributed by atoms with E-state index in [1.807, 2.05) is 0 Å². The zero-order valence-electron chi connectivity index (χ0n) is 41.4. The minimum Gasteiger partial charge on any atom is -0.462 e. The summed E-state index contributed by atoms with van der Waals surface area (Å²) in [6.07, 6.45) is 73.0. The van der Waals surface area contributed by atoms with Crippen molar-refractivity contribution in [2.75, 3.05) is 13.2 Å². The molecule has 0 aliphatic carbocycles. The summed E-state index contributed by atoms with van der Waals surface area (Å²) in [7, 11) is 0. The summed E-state index contributed by atoms with van der Waals surface area (Å²) in [6.45, 7) is 6.32. The number of carbonyl (C=O) groups is 3. The van der Waals surface area contributed by atoms with Crippen molar-refractivity contribution < 1.29 is 28.6 Å². The van der Waals surface area contributed by atoms with E-state index >= 15 is 0 Å². The number of hydrogen-bond donors (Lipinski definition) is 0. The molecule has 364 valence electrons. The number of unbranched alkanes of at least 4 members (excludes halogenated alkanes) is 11. The Kier molecular flexibility index (Phi) is 48.6. The highest BCUT2D eigenvalue weighted by Crippen LogP contribution is 2.10. The summed E-state index contributed by atoms with van der Waals surface area (Å²) in [5.41, 5.74) is 0. The van der Waals surface area contributed by atoms with Crippen LogP contribution in [0, 0.1) is 0 Å². The molecule has 0 bridgehead atoms. The summed E-state index contributed by atoms with van der Waals surface area (Å²) in [6, 6.07) is 0. The quantitative estimate of drug-likeness (QED) is 0.0262. The molecule has 6 nitrogen and oxygen atoms in total. The van der Waals surface area contributed by atoms with E-state index < -0.39 is 12.1 Å². The Bertz CT molecular complexity index is 1450. The standard InChI is InChI=1S/C59H92O6/c1-4-7-10-13-16-19-22-25-28-29-32-35-38-41-44-47-50-53-59(62)65-56(54-63-57(60)51-48-45-42-39-36-33-30-26-23-20-17-14-11-8-5-2)55-64-58(61)52-49-46-43-40-37-34-31-27-24-21-18-15-12-9-6-3/h8,11,16-21,25-28,30-32,35-37,39-41,44,56H,4-7,9-10,12-15,22-24,29,33-34,38,42-43,45-55H2,1-3H3/b11-8-,19-16-,20-17-,21-18-,28-25-,30-26-,31-27-,35-32-,39-36-,40-37-,44-41-/t56-/m1/s1. The van der Waals surface area contributed by atoms with Crippen molar-refractivity contribution in [3.05, 3.63) is 134 Å². The van der Waals surface area contributed by atoms with Crippen LogP contribution >= 0.6 is 0 Å². The first kappa shape index (κ1) is 60.5. The second kappa shape index (κ2) is 52.2. The van der Waals surface area contributed by atoms with Crippen LogP contribution in [-0.2, 0) is 28.6 Å². The molecule has 6 heteroatoms. The van der Waals surface area contributed by atoms with E-state index in [0.29, 0.717) is 19.3 Å². The number of carbonyl (C=O) groups excluding carboxylic acids is 3. The molecule has 0 amide bonds. The summed E-state index contributed by atoms with van der Waals surface area (Å²) >= 11 is 0. The average molecular weight is 897 g/mol. The molecule has 0 saturated carbocycles. The van der Waals surface area contributed by atoms with Crippen molar-refractivity contribution in [3.8, 4) is 0 Å². The van der Waals surface area contributed by atoms with E-state index in [4.69, 9.17) is 14.2 Å². The molecule has 0 aromatic carbocycles. The highest BCUT2D eigenvalue weighted by atomic mass is 16.6. The highest BCUT2D eigenvalue weighted by Gasteiger charge is 2.19. The van der Waals surface area contributed by atoms with Crippen LogP contribution in [0.1, 0.15) is 201 Å². The fourth-order valence-electron chi connectivity index (χ4n) is 6.25. The molecule has 0 saturated heterocycles. The van der Waals surface area contributed by atoms with Gasteiger partial charge in [-0.2, -0.15) is 0 Å². The van der Waals surface area contributed by atoms with Gasteiger partial charge in [0, 0.05) is 19.3 Å². The molecule has 65 heavy (non-hydrogen) atoms. The molecule has 0 N–H and O–H groups in total. The van der Waals surface area contributed by atoms with Crippen molar-refractivity contribution in [3.63, 3.8) is 0 Å². The molecule has 0 unspecified atom stereocenters. The van der Waals surface area contributed by atoms with Crippen LogP contribution in [-0.4, -0.2) is 37.2 Å². The summed E-state index contributed by atoms with van der Waals surface area (Å²) < 4.78 is 16.7. The molecule has 0 radical (unpaired) electrons. The van der Waals surface area contributed by atoms with Gasteiger partial charge >= 0.3 is 17.9 Å². The maximum Gasteiger partial charge on any atom is 0.306 e. The van der Waals surface area contributed by atoms with Crippen molar-refractivity contribution >= 4 is 17.9 Å². The number of ether oxygens (including phenoxy) is 3.